The maximum Gasteiger partial charge on any atom is 0.0214 e. The molecule has 0 N–H and O–H groups in total. The van der Waals surface area contributed by atoms with Gasteiger partial charge in [-0.05, 0) is 114 Å². The lowest BCUT2D eigenvalue weighted by Gasteiger charge is -2.30. The molecule has 0 nitrogen and oxygen atoms in total. The molecule has 0 heterocycles. The van der Waals surface area contributed by atoms with Crippen LogP contribution >= 0.6 is 0 Å². The van der Waals surface area contributed by atoms with E-state index in [2.05, 4.69) is 205 Å². The SMILES string of the molecule is CC(C)(C)c1cc2c(c(C3C=CC=C3)c1-c1ccccc1)Cc1cc(-c3ccccc3)c(C(C)(C)C=C(Cc3ccccc3)c3ccccc3)cc1-2. The third-order valence-electron chi connectivity index (χ3n) is 11.0. The summed E-state index contributed by atoms with van der Waals surface area (Å²) in [5, 5.41) is 0. The van der Waals surface area contributed by atoms with Crippen LogP contribution in [0.5, 0.6) is 0 Å². The maximum absolute atomic E-state index is 2.56. The Morgan fingerprint density at radius 3 is 1.77 bits per heavy atom. The van der Waals surface area contributed by atoms with Crippen LogP contribution in [0.15, 0.2) is 170 Å². The van der Waals surface area contributed by atoms with E-state index in [1.165, 1.54) is 77.9 Å². The molecule has 256 valence electrons. The van der Waals surface area contributed by atoms with Gasteiger partial charge >= 0.3 is 0 Å². The minimum atomic E-state index is -0.264. The normalized spacial score (nSPS) is 14.1. The van der Waals surface area contributed by atoms with Crippen molar-refractivity contribution in [3.63, 3.8) is 0 Å². The zero-order valence-corrected chi connectivity index (χ0v) is 31.2. The molecule has 0 saturated heterocycles. The summed E-state index contributed by atoms with van der Waals surface area (Å²) in [5.74, 6) is 0.249. The third kappa shape index (κ3) is 6.44. The first-order valence-corrected chi connectivity index (χ1v) is 18.8. The van der Waals surface area contributed by atoms with Gasteiger partial charge in [-0.3, -0.25) is 0 Å². The number of fused-ring (bicyclic) bond motifs is 3. The topological polar surface area (TPSA) is 0 Å². The lowest BCUT2D eigenvalue weighted by Crippen LogP contribution is -2.17. The van der Waals surface area contributed by atoms with Gasteiger partial charge in [-0.2, -0.15) is 0 Å². The summed E-state index contributed by atoms with van der Waals surface area (Å²) in [5.41, 5.74) is 18.9. The molecule has 6 aromatic rings. The molecule has 52 heavy (non-hydrogen) atoms. The highest BCUT2D eigenvalue weighted by molar-refractivity contribution is 5.89. The Balaban J connectivity index is 1.37. The summed E-state index contributed by atoms with van der Waals surface area (Å²) in [4.78, 5) is 0. The van der Waals surface area contributed by atoms with Crippen molar-refractivity contribution in [1.82, 2.24) is 0 Å². The van der Waals surface area contributed by atoms with Crippen molar-refractivity contribution in [2.24, 2.45) is 0 Å². The van der Waals surface area contributed by atoms with E-state index in [0.29, 0.717) is 0 Å². The maximum atomic E-state index is 2.56. The monoisotopic (exact) mass is 672 g/mol. The Labute approximate surface area is 310 Å². The molecular formula is C52H48. The molecule has 0 radical (unpaired) electrons. The standard InChI is InChI=1S/C52H48/c1-51(2,3)48-34-45-43-33-47(52(4,5)35-42(37-22-12-7-13-23-37)30-36-20-10-6-11-21-36)44(38-24-14-8-15-25-38)31-41(43)32-46(45)49(39-28-18-19-29-39)50(48)40-26-16-9-17-27-40/h6-29,31,33-35,39H,30,32H2,1-5H3. The lowest BCUT2D eigenvalue weighted by molar-refractivity contribution is 0.591. The molecule has 0 amide bonds. The first-order valence-electron chi connectivity index (χ1n) is 18.8. The first kappa shape index (κ1) is 33.7. The van der Waals surface area contributed by atoms with Crippen molar-refractivity contribution < 1.29 is 0 Å². The van der Waals surface area contributed by atoms with E-state index in [-0.39, 0.29) is 16.7 Å². The van der Waals surface area contributed by atoms with E-state index in [0.717, 1.165) is 12.8 Å². The Morgan fingerprint density at radius 2 is 1.15 bits per heavy atom. The van der Waals surface area contributed by atoms with Gasteiger partial charge < -0.3 is 0 Å². The number of hydrogen-bond donors (Lipinski definition) is 0. The van der Waals surface area contributed by atoms with E-state index in [9.17, 15) is 0 Å². The fourth-order valence-electron chi connectivity index (χ4n) is 8.51. The number of rotatable bonds is 8. The van der Waals surface area contributed by atoms with Gasteiger partial charge in [0.2, 0.25) is 0 Å². The molecule has 6 aromatic carbocycles. The minimum absolute atomic E-state index is 0.0411. The minimum Gasteiger partial charge on any atom is -0.0732 e. The smallest absolute Gasteiger partial charge is 0.0214 e. The number of benzene rings is 6. The summed E-state index contributed by atoms with van der Waals surface area (Å²) >= 11 is 0. The van der Waals surface area contributed by atoms with Crippen LogP contribution in [0.2, 0.25) is 0 Å². The summed E-state index contributed by atoms with van der Waals surface area (Å²) in [6.45, 7) is 11.9. The van der Waals surface area contributed by atoms with Crippen LogP contribution in [0, 0.1) is 0 Å². The molecule has 0 heteroatoms. The second-order valence-electron chi connectivity index (χ2n) is 16.2. The lowest BCUT2D eigenvalue weighted by atomic mass is 9.74. The van der Waals surface area contributed by atoms with Gasteiger partial charge in [0.15, 0.2) is 0 Å². The molecule has 2 aliphatic rings. The Bertz CT molecular complexity index is 2300. The van der Waals surface area contributed by atoms with E-state index in [1.807, 2.05) is 0 Å². The molecule has 0 unspecified atom stereocenters. The van der Waals surface area contributed by atoms with Gasteiger partial charge in [-0.15, -0.1) is 0 Å². The van der Waals surface area contributed by atoms with Crippen LogP contribution in [-0.2, 0) is 23.7 Å². The van der Waals surface area contributed by atoms with Crippen LogP contribution in [0.25, 0.3) is 39.0 Å². The fraction of sp³-hybridized carbons (Fsp3) is 0.192. The van der Waals surface area contributed by atoms with Crippen molar-refractivity contribution >= 4 is 5.57 Å². The Kier molecular flexibility index (Phi) is 8.80. The van der Waals surface area contributed by atoms with Crippen molar-refractivity contribution in [1.29, 1.82) is 0 Å². The van der Waals surface area contributed by atoms with E-state index in [4.69, 9.17) is 0 Å². The van der Waals surface area contributed by atoms with Crippen molar-refractivity contribution in [2.45, 2.75) is 64.2 Å². The predicted molar refractivity (Wildman–Crippen MR) is 223 cm³/mol. The number of allylic oxidation sites excluding steroid dienone is 6. The Morgan fingerprint density at radius 1 is 0.596 bits per heavy atom. The van der Waals surface area contributed by atoms with Gasteiger partial charge in [0.25, 0.3) is 0 Å². The van der Waals surface area contributed by atoms with Gasteiger partial charge in [0, 0.05) is 11.3 Å². The molecule has 0 atom stereocenters. The highest BCUT2D eigenvalue weighted by Crippen LogP contribution is 2.52. The molecule has 0 fully saturated rings. The van der Waals surface area contributed by atoms with E-state index in [1.54, 1.807) is 0 Å². The van der Waals surface area contributed by atoms with Crippen LogP contribution in [-0.4, -0.2) is 0 Å². The van der Waals surface area contributed by atoms with Crippen LogP contribution in [0.1, 0.15) is 79.5 Å². The van der Waals surface area contributed by atoms with Crippen LogP contribution < -0.4 is 0 Å². The first-order chi connectivity index (χ1) is 25.2. The van der Waals surface area contributed by atoms with Crippen molar-refractivity contribution in [3.05, 3.63) is 209 Å². The van der Waals surface area contributed by atoms with Crippen molar-refractivity contribution in [3.8, 4) is 33.4 Å². The second kappa shape index (κ2) is 13.6. The van der Waals surface area contributed by atoms with Gasteiger partial charge in [-0.25, -0.2) is 0 Å². The average molecular weight is 673 g/mol. The highest BCUT2D eigenvalue weighted by Gasteiger charge is 2.34. The summed E-state index contributed by atoms with van der Waals surface area (Å²) < 4.78 is 0. The molecule has 8 rings (SSSR count). The van der Waals surface area contributed by atoms with Crippen molar-refractivity contribution in [2.75, 3.05) is 0 Å². The molecular weight excluding hydrogens is 625 g/mol. The largest absolute Gasteiger partial charge is 0.0732 e. The Hall–Kier alpha value is -5.46. The molecule has 0 spiro atoms. The molecule has 0 bridgehead atoms. The quantitative estimate of drug-likeness (QED) is 0.151. The van der Waals surface area contributed by atoms with Gasteiger partial charge in [0.1, 0.15) is 0 Å². The van der Waals surface area contributed by atoms with Gasteiger partial charge in [0.05, 0.1) is 0 Å². The van der Waals surface area contributed by atoms with E-state index < -0.39 is 0 Å². The molecule has 0 aliphatic heterocycles. The summed E-state index contributed by atoms with van der Waals surface area (Å²) in [6.07, 6.45) is 13.6. The predicted octanol–water partition coefficient (Wildman–Crippen LogP) is 13.7. The van der Waals surface area contributed by atoms with E-state index >= 15 is 0 Å². The fourth-order valence-corrected chi connectivity index (χ4v) is 8.51. The molecule has 0 saturated carbocycles. The third-order valence-corrected chi connectivity index (χ3v) is 11.0. The molecule has 0 aromatic heterocycles. The second-order valence-corrected chi connectivity index (χ2v) is 16.2. The highest BCUT2D eigenvalue weighted by atomic mass is 14.4. The average Bonchev–Trinajstić information content (AvgIpc) is 3.83. The van der Waals surface area contributed by atoms with Crippen LogP contribution in [0.4, 0.5) is 0 Å². The summed E-state index contributed by atoms with van der Waals surface area (Å²) in [6, 6.07) is 51.6. The molecule has 2 aliphatic carbocycles. The van der Waals surface area contributed by atoms with Crippen LogP contribution in [0.3, 0.4) is 0 Å². The van der Waals surface area contributed by atoms with Gasteiger partial charge in [-0.1, -0.05) is 186 Å². The zero-order chi connectivity index (χ0) is 35.9. The summed E-state index contributed by atoms with van der Waals surface area (Å²) in [7, 11) is 0. The zero-order valence-electron chi connectivity index (χ0n) is 31.2. The number of hydrogen-bond acceptors (Lipinski definition) is 0.